The lowest BCUT2D eigenvalue weighted by atomic mass is 10.2. The van der Waals surface area contributed by atoms with Gasteiger partial charge in [0.1, 0.15) is 0 Å². The predicted molar refractivity (Wildman–Crippen MR) is 45.5 cm³/mol. The zero-order valence-corrected chi connectivity index (χ0v) is 9.76. The average molecular weight is 390 g/mol. The second kappa shape index (κ2) is 4.97. The van der Waals surface area contributed by atoms with E-state index in [-0.39, 0.29) is 0 Å². The molecule has 0 saturated heterocycles. The van der Waals surface area contributed by atoms with Crippen molar-refractivity contribution in [1.82, 2.24) is 0 Å². The number of hydrogen-bond donors (Lipinski definition) is 0. The third kappa shape index (κ3) is 4.03. The molecule has 0 unspecified atom stereocenters. The molecule has 104 valence electrons. The molecule has 0 N–H and O–H groups in total. The minimum Gasteiger partial charge on any atom is -0.243 e. The summed E-state index contributed by atoms with van der Waals surface area (Å²) in [6.07, 6.45) is -20.4. The van der Waals surface area contributed by atoms with Crippen molar-refractivity contribution in [3.63, 3.8) is 0 Å². The maximum absolute atomic E-state index is 12.5. The van der Waals surface area contributed by atoms with Gasteiger partial charge in [-0.15, -0.1) is 0 Å². The Morgan fingerprint density at radius 1 is 0.765 bits per heavy atom. The molecule has 0 spiro atoms. The van der Waals surface area contributed by atoms with Gasteiger partial charge in [-0.1, -0.05) is 22.6 Å². The normalized spacial score (nSPS) is 15.2. The molecule has 0 aliphatic heterocycles. The third-order valence-electron chi connectivity index (χ3n) is 1.42. The fraction of sp³-hybridized carbons (Fsp3) is 1.00. The monoisotopic (exact) mass is 390 g/mol. The second-order valence-corrected chi connectivity index (χ2v) is 3.86. The number of hydrogen-bond acceptors (Lipinski definition) is 1. The quantitative estimate of drug-likeness (QED) is 0.389. The molecule has 0 aromatic rings. The Morgan fingerprint density at radius 2 is 1.18 bits per heavy atom. The first-order chi connectivity index (χ1) is 7.27. The summed E-state index contributed by atoms with van der Waals surface area (Å²) in [6.45, 7) is 0. The Balaban J connectivity index is 4.99. The standard InChI is InChI=1S/C6H4F9IO/c7-3(8,1-2-16)5(12,13)17-6(14,15)4(9,10)11/h1-2H2. The van der Waals surface area contributed by atoms with Crippen LogP contribution in [0.2, 0.25) is 0 Å². The van der Waals surface area contributed by atoms with Gasteiger partial charge in [-0.25, -0.2) is 4.74 Å². The minimum absolute atomic E-state index is 0.582. The van der Waals surface area contributed by atoms with Gasteiger partial charge in [0, 0.05) is 10.8 Å². The lowest BCUT2D eigenvalue weighted by Gasteiger charge is -2.29. The van der Waals surface area contributed by atoms with Crippen molar-refractivity contribution in [2.24, 2.45) is 0 Å². The van der Waals surface area contributed by atoms with Gasteiger partial charge < -0.3 is 0 Å². The fourth-order valence-corrected chi connectivity index (χ4v) is 1.24. The molecule has 0 amide bonds. The van der Waals surface area contributed by atoms with Crippen molar-refractivity contribution in [3.05, 3.63) is 0 Å². The summed E-state index contributed by atoms with van der Waals surface area (Å²) in [5.41, 5.74) is 0. The van der Waals surface area contributed by atoms with Crippen LogP contribution in [-0.2, 0) is 4.74 Å². The Bertz CT molecular complexity index is 261. The van der Waals surface area contributed by atoms with Gasteiger partial charge in [0.2, 0.25) is 0 Å². The Labute approximate surface area is 102 Å². The van der Waals surface area contributed by atoms with Gasteiger partial charge in [0.05, 0.1) is 0 Å². The molecule has 0 rings (SSSR count). The SMILES string of the molecule is FC(F)(F)C(F)(F)OC(F)(F)C(F)(F)CCI. The molecule has 0 bridgehead atoms. The Hall–Kier alpha value is 0.0600. The highest BCUT2D eigenvalue weighted by molar-refractivity contribution is 14.1. The fourth-order valence-electron chi connectivity index (χ4n) is 0.558. The molecule has 0 aliphatic rings. The van der Waals surface area contributed by atoms with Crippen LogP contribution in [0.15, 0.2) is 0 Å². The second-order valence-electron chi connectivity index (χ2n) is 2.78. The number of ether oxygens (including phenoxy) is 1. The smallest absolute Gasteiger partial charge is 0.243 e. The summed E-state index contributed by atoms with van der Waals surface area (Å²) in [5.74, 6) is -5.12. The van der Waals surface area contributed by atoms with Gasteiger partial charge >= 0.3 is 24.3 Å². The molecule has 0 aromatic heterocycles. The molecule has 0 heterocycles. The highest BCUT2D eigenvalue weighted by Gasteiger charge is 2.69. The van der Waals surface area contributed by atoms with E-state index >= 15 is 0 Å². The molecule has 0 aliphatic carbocycles. The molecule has 17 heavy (non-hydrogen) atoms. The summed E-state index contributed by atoms with van der Waals surface area (Å²) < 4.78 is 110. The van der Waals surface area contributed by atoms with Gasteiger partial charge in [0.25, 0.3) is 0 Å². The first kappa shape index (κ1) is 17.1. The van der Waals surface area contributed by atoms with Crippen molar-refractivity contribution in [2.45, 2.75) is 30.7 Å². The Kier molecular flexibility index (Phi) is 4.99. The van der Waals surface area contributed by atoms with E-state index in [1.807, 2.05) is 4.74 Å². The van der Waals surface area contributed by atoms with Crippen LogP contribution in [0.3, 0.4) is 0 Å². The Morgan fingerprint density at radius 3 is 1.47 bits per heavy atom. The van der Waals surface area contributed by atoms with Crippen LogP contribution < -0.4 is 0 Å². The van der Waals surface area contributed by atoms with E-state index in [4.69, 9.17) is 0 Å². The lowest BCUT2D eigenvalue weighted by Crippen LogP contribution is -2.52. The van der Waals surface area contributed by atoms with Gasteiger partial charge in [-0.05, 0) is 0 Å². The molecular weight excluding hydrogens is 386 g/mol. The molecular formula is C6H4F9IO. The molecule has 0 fully saturated rings. The number of halogens is 10. The molecule has 0 atom stereocenters. The van der Waals surface area contributed by atoms with E-state index in [9.17, 15) is 39.5 Å². The van der Waals surface area contributed by atoms with Gasteiger partial charge in [0.15, 0.2) is 0 Å². The van der Waals surface area contributed by atoms with E-state index in [0.29, 0.717) is 0 Å². The molecule has 11 heteroatoms. The van der Waals surface area contributed by atoms with Crippen molar-refractivity contribution in [2.75, 3.05) is 4.43 Å². The van der Waals surface area contributed by atoms with Gasteiger partial charge in [-0.2, -0.15) is 39.5 Å². The van der Waals surface area contributed by atoms with Crippen LogP contribution in [0.25, 0.3) is 0 Å². The van der Waals surface area contributed by atoms with Crippen molar-refractivity contribution in [3.8, 4) is 0 Å². The van der Waals surface area contributed by atoms with E-state index in [1.165, 1.54) is 22.6 Å². The lowest BCUT2D eigenvalue weighted by molar-refractivity contribution is -0.485. The topological polar surface area (TPSA) is 9.23 Å². The van der Waals surface area contributed by atoms with Crippen LogP contribution >= 0.6 is 22.6 Å². The van der Waals surface area contributed by atoms with E-state index in [1.54, 1.807) is 0 Å². The molecule has 0 saturated carbocycles. The first-order valence-electron chi connectivity index (χ1n) is 3.73. The minimum atomic E-state index is -6.50. The maximum atomic E-state index is 12.5. The predicted octanol–water partition coefficient (Wildman–Crippen LogP) is 4.21. The van der Waals surface area contributed by atoms with Crippen LogP contribution in [0.4, 0.5) is 39.5 Å². The summed E-state index contributed by atoms with van der Waals surface area (Å²) in [5, 5.41) is 0. The van der Waals surface area contributed by atoms with Crippen molar-refractivity contribution < 1.29 is 44.3 Å². The van der Waals surface area contributed by atoms with E-state index in [0.717, 1.165) is 0 Å². The average Bonchev–Trinajstić information content (AvgIpc) is 1.98. The molecule has 0 aromatic carbocycles. The number of alkyl halides is 10. The van der Waals surface area contributed by atoms with Gasteiger partial charge in [-0.3, -0.25) is 0 Å². The summed E-state index contributed by atoms with van der Waals surface area (Å²) in [6, 6.07) is 0. The summed E-state index contributed by atoms with van der Waals surface area (Å²) in [7, 11) is 0. The zero-order valence-electron chi connectivity index (χ0n) is 7.60. The molecule has 1 nitrogen and oxygen atoms in total. The largest absolute Gasteiger partial charge is 0.483 e. The van der Waals surface area contributed by atoms with Crippen LogP contribution in [0.1, 0.15) is 6.42 Å². The number of rotatable bonds is 5. The summed E-state index contributed by atoms with van der Waals surface area (Å²) in [4.78, 5) is 0. The van der Waals surface area contributed by atoms with Crippen LogP contribution in [-0.4, -0.2) is 28.7 Å². The third-order valence-corrected chi connectivity index (χ3v) is 1.96. The van der Waals surface area contributed by atoms with E-state index < -0.39 is 35.2 Å². The van der Waals surface area contributed by atoms with Crippen molar-refractivity contribution >= 4 is 22.6 Å². The maximum Gasteiger partial charge on any atom is 0.483 e. The van der Waals surface area contributed by atoms with Crippen molar-refractivity contribution in [1.29, 1.82) is 0 Å². The van der Waals surface area contributed by atoms with Crippen LogP contribution in [0, 0.1) is 0 Å². The highest BCUT2D eigenvalue weighted by Crippen LogP contribution is 2.46. The summed E-state index contributed by atoms with van der Waals surface area (Å²) >= 11 is 1.23. The highest BCUT2D eigenvalue weighted by atomic mass is 127. The first-order valence-corrected chi connectivity index (χ1v) is 5.26. The van der Waals surface area contributed by atoms with E-state index in [2.05, 4.69) is 0 Å². The molecule has 0 radical (unpaired) electrons. The van der Waals surface area contributed by atoms with Crippen LogP contribution in [0.5, 0.6) is 0 Å². The zero-order chi connectivity index (χ0) is 14.1.